The van der Waals surface area contributed by atoms with Gasteiger partial charge in [-0.2, -0.15) is 0 Å². The van der Waals surface area contributed by atoms with Crippen molar-refractivity contribution in [1.29, 1.82) is 0 Å². The Morgan fingerprint density at radius 3 is 2.35 bits per heavy atom. The van der Waals surface area contributed by atoms with Gasteiger partial charge in [-0.05, 0) is 30.7 Å². The van der Waals surface area contributed by atoms with Crippen molar-refractivity contribution in [2.24, 2.45) is 7.05 Å². The standard InChI is InChI=1S/C14H16N2O3S/c1-11(17)13-3-5-14(6-4-13)20(18,19)15-9-12-7-8-16(2)10-12/h3-8,10,15H,9H2,1-2H3. The molecule has 0 radical (unpaired) electrons. The maximum Gasteiger partial charge on any atom is 0.240 e. The van der Waals surface area contributed by atoms with Gasteiger partial charge in [-0.3, -0.25) is 4.79 Å². The summed E-state index contributed by atoms with van der Waals surface area (Å²) >= 11 is 0. The predicted molar refractivity (Wildman–Crippen MR) is 75.9 cm³/mol. The number of ketones is 1. The Balaban J connectivity index is 2.11. The smallest absolute Gasteiger partial charge is 0.240 e. The van der Waals surface area contributed by atoms with E-state index < -0.39 is 10.0 Å². The van der Waals surface area contributed by atoms with Crippen molar-refractivity contribution in [3.63, 3.8) is 0 Å². The highest BCUT2D eigenvalue weighted by molar-refractivity contribution is 7.89. The van der Waals surface area contributed by atoms with Crippen molar-refractivity contribution in [2.45, 2.75) is 18.4 Å². The summed E-state index contributed by atoms with van der Waals surface area (Å²) in [5, 5.41) is 0. The van der Waals surface area contributed by atoms with Crippen molar-refractivity contribution in [3.05, 3.63) is 53.9 Å². The molecule has 0 aliphatic carbocycles. The van der Waals surface area contributed by atoms with E-state index in [1.807, 2.05) is 30.1 Å². The van der Waals surface area contributed by atoms with Crippen LogP contribution in [0.25, 0.3) is 0 Å². The van der Waals surface area contributed by atoms with Gasteiger partial charge >= 0.3 is 0 Å². The summed E-state index contributed by atoms with van der Waals surface area (Å²) < 4.78 is 28.6. The zero-order valence-electron chi connectivity index (χ0n) is 11.3. The van der Waals surface area contributed by atoms with Crippen LogP contribution in [0.3, 0.4) is 0 Å². The number of hydrogen-bond donors (Lipinski definition) is 1. The van der Waals surface area contributed by atoms with E-state index in [2.05, 4.69) is 4.72 Å². The first-order chi connectivity index (χ1) is 9.38. The molecule has 2 aromatic rings. The fraction of sp³-hybridized carbons (Fsp3) is 0.214. The maximum atomic E-state index is 12.1. The van der Waals surface area contributed by atoms with E-state index in [0.29, 0.717) is 5.56 Å². The average molecular weight is 292 g/mol. The predicted octanol–water partition coefficient (Wildman–Crippen LogP) is 1.71. The molecule has 0 atom stereocenters. The molecule has 5 nitrogen and oxygen atoms in total. The molecule has 1 N–H and O–H groups in total. The Morgan fingerprint density at radius 1 is 1.20 bits per heavy atom. The third kappa shape index (κ3) is 3.34. The first kappa shape index (κ1) is 14.5. The summed E-state index contributed by atoms with van der Waals surface area (Å²) in [7, 11) is -1.69. The van der Waals surface area contributed by atoms with E-state index in [0.717, 1.165) is 5.56 Å². The molecule has 0 saturated heterocycles. The van der Waals surface area contributed by atoms with Crippen LogP contribution in [-0.4, -0.2) is 18.8 Å². The van der Waals surface area contributed by atoms with Gasteiger partial charge in [0.05, 0.1) is 4.90 Å². The summed E-state index contributed by atoms with van der Waals surface area (Å²) in [6.07, 6.45) is 3.70. The van der Waals surface area contributed by atoms with Crippen molar-refractivity contribution < 1.29 is 13.2 Å². The number of nitrogens with zero attached hydrogens (tertiary/aromatic N) is 1. The fourth-order valence-electron chi connectivity index (χ4n) is 1.80. The molecule has 6 heteroatoms. The van der Waals surface area contributed by atoms with Gasteiger partial charge in [0.25, 0.3) is 0 Å². The van der Waals surface area contributed by atoms with Crippen molar-refractivity contribution in [2.75, 3.05) is 0 Å². The first-order valence-corrected chi connectivity index (χ1v) is 7.58. The van der Waals surface area contributed by atoms with Crippen LogP contribution in [-0.2, 0) is 23.6 Å². The number of carbonyl (C=O) groups is 1. The SMILES string of the molecule is CC(=O)c1ccc(S(=O)(=O)NCc2ccn(C)c2)cc1. The Kier molecular flexibility index (Phi) is 4.06. The first-order valence-electron chi connectivity index (χ1n) is 6.10. The Morgan fingerprint density at radius 2 is 1.85 bits per heavy atom. The molecule has 1 heterocycles. The fourth-order valence-corrected chi connectivity index (χ4v) is 2.81. The second-order valence-electron chi connectivity index (χ2n) is 4.59. The number of aromatic nitrogens is 1. The second kappa shape index (κ2) is 5.60. The Hall–Kier alpha value is -1.92. The highest BCUT2D eigenvalue weighted by atomic mass is 32.2. The van der Waals surface area contributed by atoms with Gasteiger partial charge in [0, 0.05) is 31.5 Å². The topological polar surface area (TPSA) is 68.2 Å². The number of rotatable bonds is 5. The van der Waals surface area contributed by atoms with Gasteiger partial charge in [-0.15, -0.1) is 0 Å². The number of Topliss-reactive ketones (excluding diaryl/α,β-unsaturated/α-hetero) is 1. The summed E-state index contributed by atoms with van der Waals surface area (Å²) in [6, 6.07) is 7.74. The van der Waals surface area contributed by atoms with E-state index in [4.69, 9.17) is 0 Å². The van der Waals surface area contributed by atoms with Gasteiger partial charge < -0.3 is 4.57 Å². The van der Waals surface area contributed by atoms with Gasteiger partial charge in [-0.1, -0.05) is 12.1 Å². The minimum absolute atomic E-state index is 0.0915. The van der Waals surface area contributed by atoms with E-state index >= 15 is 0 Å². The lowest BCUT2D eigenvalue weighted by molar-refractivity contribution is 0.101. The summed E-state index contributed by atoms with van der Waals surface area (Å²) in [5.74, 6) is -0.0915. The molecule has 0 aliphatic heterocycles. The van der Waals surface area contributed by atoms with E-state index in [1.165, 1.54) is 31.2 Å². The summed E-state index contributed by atoms with van der Waals surface area (Å²) in [5.41, 5.74) is 1.38. The lowest BCUT2D eigenvalue weighted by Crippen LogP contribution is -2.23. The highest BCUT2D eigenvalue weighted by Gasteiger charge is 2.14. The number of aryl methyl sites for hydroxylation is 1. The molecular formula is C14H16N2O3S. The van der Waals surface area contributed by atoms with Gasteiger partial charge in [0.2, 0.25) is 10.0 Å². The molecule has 106 valence electrons. The number of nitrogens with one attached hydrogen (secondary N) is 1. The second-order valence-corrected chi connectivity index (χ2v) is 6.36. The normalized spacial score (nSPS) is 11.5. The molecule has 2 rings (SSSR count). The van der Waals surface area contributed by atoms with E-state index in [9.17, 15) is 13.2 Å². The molecular weight excluding hydrogens is 276 g/mol. The minimum atomic E-state index is -3.56. The van der Waals surface area contributed by atoms with Crippen LogP contribution >= 0.6 is 0 Å². The largest absolute Gasteiger partial charge is 0.357 e. The zero-order chi connectivity index (χ0) is 14.8. The van der Waals surface area contributed by atoms with Gasteiger partial charge in [0.1, 0.15) is 0 Å². The number of benzene rings is 1. The van der Waals surface area contributed by atoms with E-state index in [-0.39, 0.29) is 17.2 Å². The molecule has 0 saturated carbocycles. The molecule has 1 aromatic heterocycles. The molecule has 0 aliphatic rings. The lowest BCUT2D eigenvalue weighted by Gasteiger charge is -2.06. The third-order valence-corrected chi connectivity index (χ3v) is 4.35. The van der Waals surface area contributed by atoms with Crippen molar-refractivity contribution >= 4 is 15.8 Å². The molecule has 1 aromatic carbocycles. The number of sulfonamides is 1. The molecule has 0 amide bonds. The van der Waals surface area contributed by atoms with Gasteiger partial charge in [-0.25, -0.2) is 13.1 Å². The zero-order valence-corrected chi connectivity index (χ0v) is 12.1. The van der Waals surface area contributed by atoms with Crippen LogP contribution in [0.2, 0.25) is 0 Å². The number of hydrogen-bond acceptors (Lipinski definition) is 3. The molecule has 0 unspecified atom stereocenters. The third-order valence-electron chi connectivity index (χ3n) is 2.93. The quantitative estimate of drug-likeness (QED) is 0.853. The lowest BCUT2D eigenvalue weighted by atomic mass is 10.2. The minimum Gasteiger partial charge on any atom is -0.357 e. The van der Waals surface area contributed by atoms with Crippen LogP contribution in [0.15, 0.2) is 47.6 Å². The van der Waals surface area contributed by atoms with Crippen molar-refractivity contribution in [1.82, 2.24) is 9.29 Å². The molecule has 20 heavy (non-hydrogen) atoms. The Labute approximate surface area is 118 Å². The Bertz CT molecular complexity index is 715. The van der Waals surface area contributed by atoms with Crippen molar-refractivity contribution in [3.8, 4) is 0 Å². The van der Waals surface area contributed by atoms with E-state index in [1.54, 1.807) is 0 Å². The monoisotopic (exact) mass is 292 g/mol. The van der Waals surface area contributed by atoms with Crippen LogP contribution in [0.1, 0.15) is 22.8 Å². The maximum absolute atomic E-state index is 12.1. The number of carbonyl (C=O) groups excluding carboxylic acids is 1. The van der Waals surface area contributed by atoms with Crippen LogP contribution in [0.4, 0.5) is 0 Å². The molecule has 0 bridgehead atoms. The van der Waals surface area contributed by atoms with Crippen LogP contribution in [0, 0.1) is 0 Å². The average Bonchev–Trinajstić information content (AvgIpc) is 2.82. The van der Waals surface area contributed by atoms with Crippen LogP contribution in [0.5, 0.6) is 0 Å². The molecule has 0 fully saturated rings. The highest BCUT2D eigenvalue weighted by Crippen LogP contribution is 2.12. The molecule has 0 spiro atoms. The van der Waals surface area contributed by atoms with Crippen LogP contribution < -0.4 is 4.72 Å². The summed E-state index contributed by atoms with van der Waals surface area (Å²) in [4.78, 5) is 11.3. The summed E-state index contributed by atoms with van der Waals surface area (Å²) in [6.45, 7) is 1.68. The van der Waals surface area contributed by atoms with Gasteiger partial charge in [0.15, 0.2) is 5.78 Å².